The van der Waals surface area contributed by atoms with Gasteiger partial charge in [0.1, 0.15) is 11.6 Å². The predicted octanol–water partition coefficient (Wildman–Crippen LogP) is 1.72. The minimum atomic E-state index is -3.30. The normalized spacial score (nSPS) is 15.6. The summed E-state index contributed by atoms with van der Waals surface area (Å²) in [7, 11) is -3.30. The zero-order valence-electron chi connectivity index (χ0n) is 9.63. The van der Waals surface area contributed by atoms with E-state index < -0.39 is 10.0 Å². The molecule has 7 heteroatoms. The number of nitrogens with one attached hydrogen (secondary N) is 1. The van der Waals surface area contributed by atoms with Gasteiger partial charge < -0.3 is 4.74 Å². The van der Waals surface area contributed by atoms with Crippen molar-refractivity contribution in [1.82, 2.24) is 4.98 Å². The quantitative estimate of drug-likeness (QED) is 0.828. The number of hydrogen-bond donors (Lipinski definition) is 1. The van der Waals surface area contributed by atoms with Crippen molar-refractivity contribution in [3.05, 3.63) is 12.3 Å². The number of pyridine rings is 1. The number of sulfonamides is 1. The van der Waals surface area contributed by atoms with E-state index in [2.05, 4.69) is 9.71 Å². The molecule has 1 aromatic rings. The summed E-state index contributed by atoms with van der Waals surface area (Å²) in [5, 5.41) is 0. The molecule has 17 heavy (non-hydrogen) atoms. The number of anilines is 1. The highest BCUT2D eigenvalue weighted by Gasteiger charge is 2.25. The van der Waals surface area contributed by atoms with Gasteiger partial charge in [0.25, 0.3) is 0 Å². The molecule has 0 aromatic carbocycles. The first-order valence-electron chi connectivity index (χ1n) is 5.16. The molecular formula is C10H14N2O3S2. The molecule has 1 heterocycles. The minimum Gasteiger partial charge on any atom is -0.489 e. The maximum Gasteiger partial charge on any atom is 0.230 e. The van der Waals surface area contributed by atoms with Gasteiger partial charge in [-0.25, -0.2) is 13.4 Å². The second-order valence-corrected chi connectivity index (χ2v) is 6.51. The van der Waals surface area contributed by atoms with Crippen LogP contribution in [-0.2, 0) is 10.0 Å². The summed E-state index contributed by atoms with van der Waals surface area (Å²) < 4.78 is 30.3. The second kappa shape index (κ2) is 4.73. The Morgan fingerprint density at radius 1 is 1.53 bits per heavy atom. The van der Waals surface area contributed by atoms with Crippen LogP contribution < -0.4 is 9.46 Å². The zero-order chi connectivity index (χ0) is 12.5. The number of nitrogens with zero attached hydrogens (tertiary/aromatic N) is 1. The molecule has 0 radical (unpaired) electrons. The van der Waals surface area contributed by atoms with E-state index in [0.29, 0.717) is 11.6 Å². The Kier molecular flexibility index (Phi) is 3.48. The molecule has 1 N–H and O–H groups in total. The summed E-state index contributed by atoms with van der Waals surface area (Å²) in [4.78, 5) is 4.95. The topological polar surface area (TPSA) is 68.3 Å². The standard InChI is InChI=1S/C10H14N2O3S2/c1-16-9-6-11-10(12-17(2,13)14)5-8(9)15-7-3-4-7/h5-7H,3-4H2,1-2H3,(H,11,12). The van der Waals surface area contributed by atoms with E-state index in [0.717, 1.165) is 24.0 Å². The Bertz CT molecular complexity index is 512. The van der Waals surface area contributed by atoms with E-state index in [-0.39, 0.29) is 6.10 Å². The van der Waals surface area contributed by atoms with Crippen LogP contribution in [0.1, 0.15) is 12.8 Å². The largest absolute Gasteiger partial charge is 0.489 e. The molecule has 0 amide bonds. The maximum absolute atomic E-state index is 11.1. The molecule has 0 aliphatic heterocycles. The summed E-state index contributed by atoms with van der Waals surface area (Å²) >= 11 is 1.53. The SMILES string of the molecule is CSc1cnc(NS(C)(=O)=O)cc1OC1CC1. The average Bonchev–Trinajstić information content (AvgIpc) is 3.00. The van der Waals surface area contributed by atoms with Crippen molar-refractivity contribution in [1.29, 1.82) is 0 Å². The van der Waals surface area contributed by atoms with Crippen LogP contribution in [0.25, 0.3) is 0 Å². The second-order valence-electron chi connectivity index (χ2n) is 3.91. The van der Waals surface area contributed by atoms with Gasteiger partial charge in [0.15, 0.2) is 0 Å². The molecule has 0 saturated heterocycles. The average molecular weight is 274 g/mol. The van der Waals surface area contributed by atoms with Gasteiger partial charge >= 0.3 is 0 Å². The third-order valence-corrected chi connectivity index (χ3v) is 3.49. The van der Waals surface area contributed by atoms with Crippen molar-refractivity contribution >= 4 is 27.6 Å². The van der Waals surface area contributed by atoms with E-state index in [9.17, 15) is 8.42 Å². The summed E-state index contributed by atoms with van der Waals surface area (Å²) in [5.74, 6) is 0.988. The van der Waals surface area contributed by atoms with Crippen molar-refractivity contribution in [2.75, 3.05) is 17.2 Å². The molecule has 1 aromatic heterocycles. The lowest BCUT2D eigenvalue weighted by molar-refractivity contribution is 0.296. The lowest BCUT2D eigenvalue weighted by Crippen LogP contribution is -2.11. The van der Waals surface area contributed by atoms with Crippen LogP contribution in [0.5, 0.6) is 5.75 Å². The number of ether oxygens (including phenoxy) is 1. The van der Waals surface area contributed by atoms with Crippen LogP contribution in [0.2, 0.25) is 0 Å². The molecule has 94 valence electrons. The minimum absolute atomic E-state index is 0.273. The van der Waals surface area contributed by atoms with Gasteiger partial charge in [0.05, 0.1) is 17.3 Å². The number of aromatic nitrogens is 1. The highest BCUT2D eigenvalue weighted by atomic mass is 32.2. The van der Waals surface area contributed by atoms with Crippen molar-refractivity contribution in [3.8, 4) is 5.75 Å². The lowest BCUT2D eigenvalue weighted by atomic mass is 10.4. The zero-order valence-corrected chi connectivity index (χ0v) is 11.3. The van der Waals surface area contributed by atoms with Crippen molar-refractivity contribution in [2.45, 2.75) is 23.8 Å². The van der Waals surface area contributed by atoms with E-state index in [1.165, 1.54) is 11.8 Å². The Morgan fingerprint density at radius 2 is 2.24 bits per heavy atom. The summed E-state index contributed by atoms with van der Waals surface area (Å²) in [6, 6.07) is 1.63. The third kappa shape index (κ3) is 3.78. The van der Waals surface area contributed by atoms with E-state index in [1.54, 1.807) is 12.3 Å². The van der Waals surface area contributed by atoms with Gasteiger partial charge in [-0.2, -0.15) is 0 Å². The number of thioether (sulfide) groups is 1. The highest BCUT2D eigenvalue weighted by Crippen LogP contribution is 2.34. The van der Waals surface area contributed by atoms with Crippen LogP contribution in [-0.4, -0.2) is 32.0 Å². The van der Waals surface area contributed by atoms with Gasteiger partial charge in [-0.3, -0.25) is 4.72 Å². The maximum atomic E-state index is 11.1. The Labute approximate surface area is 105 Å². The van der Waals surface area contributed by atoms with Crippen molar-refractivity contribution in [3.63, 3.8) is 0 Å². The van der Waals surface area contributed by atoms with Gasteiger partial charge in [0, 0.05) is 12.3 Å². The van der Waals surface area contributed by atoms with E-state index in [4.69, 9.17) is 4.74 Å². The Hall–Kier alpha value is -0.950. The monoisotopic (exact) mass is 274 g/mol. The fourth-order valence-corrected chi connectivity index (χ4v) is 2.24. The van der Waals surface area contributed by atoms with E-state index >= 15 is 0 Å². The summed E-state index contributed by atoms with van der Waals surface area (Å²) in [5.41, 5.74) is 0. The van der Waals surface area contributed by atoms with Gasteiger partial charge in [-0.1, -0.05) is 0 Å². The Morgan fingerprint density at radius 3 is 2.76 bits per heavy atom. The molecular weight excluding hydrogens is 260 g/mol. The molecule has 0 bridgehead atoms. The van der Waals surface area contributed by atoms with Gasteiger partial charge in [-0.05, 0) is 19.1 Å². The molecule has 1 aliphatic carbocycles. The van der Waals surface area contributed by atoms with Gasteiger partial charge in [-0.15, -0.1) is 11.8 Å². The van der Waals surface area contributed by atoms with Crippen LogP contribution >= 0.6 is 11.8 Å². The third-order valence-electron chi connectivity index (χ3n) is 2.16. The van der Waals surface area contributed by atoms with Crippen LogP contribution in [0.3, 0.4) is 0 Å². The number of rotatable bonds is 5. The van der Waals surface area contributed by atoms with Crippen LogP contribution in [0.15, 0.2) is 17.2 Å². The van der Waals surface area contributed by atoms with Crippen molar-refractivity contribution < 1.29 is 13.2 Å². The molecule has 5 nitrogen and oxygen atoms in total. The van der Waals surface area contributed by atoms with Crippen LogP contribution in [0.4, 0.5) is 5.82 Å². The molecule has 1 saturated carbocycles. The molecule has 0 unspecified atom stereocenters. The first-order valence-corrected chi connectivity index (χ1v) is 8.28. The molecule has 2 rings (SSSR count). The molecule has 1 aliphatic rings. The lowest BCUT2D eigenvalue weighted by Gasteiger charge is -2.10. The van der Waals surface area contributed by atoms with E-state index in [1.807, 2.05) is 6.26 Å². The van der Waals surface area contributed by atoms with Crippen LogP contribution in [0, 0.1) is 0 Å². The highest BCUT2D eigenvalue weighted by molar-refractivity contribution is 7.98. The molecule has 0 atom stereocenters. The molecule has 1 fully saturated rings. The fraction of sp³-hybridized carbons (Fsp3) is 0.500. The fourth-order valence-electron chi connectivity index (χ4n) is 1.28. The first kappa shape index (κ1) is 12.5. The van der Waals surface area contributed by atoms with Gasteiger partial charge in [0.2, 0.25) is 10.0 Å². The van der Waals surface area contributed by atoms with Crippen molar-refractivity contribution in [2.24, 2.45) is 0 Å². The summed E-state index contributed by atoms with van der Waals surface area (Å²) in [6.07, 6.45) is 7.04. The first-order chi connectivity index (χ1) is 7.98. The smallest absolute Gasteiger partial charge is 0.230 e. The predicted molar refractivity (Wildman–Crippen MR) is 68.1 cm³/mol. The molecule has 0 spiro atoms. The summed E-state index contributed by atoms with van der Waals surface area (Å²) in [6.45, 7) is 0. The number of hydrogen-bond acceptors (Lipinski definition) is 5. The Balaban J connectivity index is 2.23.